The molecule has 3 aliphatic rings. The van der Waals surface area contributed by atoms with Crippen LogP contribution in [0.2, 0.25) is 0 Å². The van der Waals surface area contributed by atoms with Gasteiger partial charge in [0.2, 0.25) is 0 Å². The molecule has 0 amide bonds. The van der Waals surface area contributed by atoms with Gasteiger partial charge >= 0.3 is 0 Å². The molecule has 0 radical (unpaired) electrons. The van der Waals surface area contributed by atoms with Crippen LogP contribution in [0.25, 0.3) is 0 Å². The van der Waals surface area contributed by atoms with Crippen LogP contribution in [0.15, 0.2) is 0 Å². The number of rotatable bonds is 4. The minimum atomic E-state index is 0.873. The van der Waals surface area contributed by atoms with Crippen molar-refractivity contribution >= 4 is 0 Å². The second-order valence-electron chi connectivity index (χ2n) is 8.07. The summed E-state index contributed by atoms with van der Waals surface area (Å²) >= 11 is 0. The molecule has 2 heteroatoms. The van der Waals surface area contributed by atoms with Gasteiger partial charge in [0.25, 0.3) is 0 Å². The van der Waals surface area contributed by atoms with Crippen LogP contribution >= 0.6 is 0 Å². The van der Waals surface area contributed by atoms with Crippen LogP contribution in [-0.2, 0) is 0 Å². The number of likely N-dealkylation sites (tertiary alicyclic amines) is 1. The van der Waals surface area contributed by atoms with E-state index in [1.165, 1.54) is 58.2 Å². The first-order chi connectivity index (χ1) is 9.69. The van der Waals surface area contributed by atoms with E-state index in [4.69, 9.17) is 0 Å². The summed E-state index contributed by atoms with van der Waals surface area (Å²) in [6.07, 6.45) is 8.74. The van der Waals surface area contributed by atoms with E-state index in [2.05, 4.69) is 31.0 Å². The van der Waals surface area contributed by atoms with E-state index in [1.807, 2.05) is 0 Å². The topological polar surface area (TPSA) is 15.3 Å². The standard InChI is InChI=1S/C18H34N2/c1-4-18-17-11-19-10-15(17)12-20(18)16-7-5-6-14(9-16)8-13(2)3/h13-19H,4-12H2,1-3H3. The highest BCUT2D eigenvalue weighted by atomic mass is 15.2. The van der Waals surface area contributed by atoms with Gasteiger partial charge in [-0.05, 0) is 62.4 Å². The molecule has 0 aromatic rings. The molecule has 2 heterocycles. The van der Waals surface area contributed by atoms with Crippen LogP contribution in [-0.4, -0.2) is 36.6 Å². The van der Waals surface area contributed by atoms with E-state index < -0.39 is 0 Å². The average molecular weight is 278 g/mol. The first-order valence-corrected chi connectivity index (χ1v) is 9.15. The maximum Gasteiger partial charge on any atom is 0.0140 e. The molecule has 5 unspecified atom stereocenters. The fourth-order valence-corrected chi connectivity index (χ4v) is 5.46. The van der Waals surface area contributed by atoms with Crippen molar-refractivity contribution < 1.29 is 0 Å². The fourth-order valence-electron chi connectivity index (χ4n) is 5.46. The normalized spacial score (nSPS) is 42.3. The quantitative estimate of drug-likeness (QED) is 0.846. The molecule has 2 aliphatic heterocycles. The second-order valence-corrected chi connectivity index (χ2v) is 8.07. The third kappa shape index (κ3) is 2.92. The molecule has 2 nitrogen and oxygen atoms in total. The lowest BCUT2D eigenvalue weighted by Gasteiger charge is -2.40. The van der Waals surface area contributed by atoms with Crippen molar-refractivity contribution in [2.45, 2.75) is 71.4 Å². The Labute approximate surface area is 125 Å². The minimum Gasteiger partial charge on any atom is -0.316 e. The molecular formula is C18H34N2. The Kier molecular flexibility index (Phi) is 4.72. The summed E-state index contributed by atoms with van der Waals surface area (Å²) in [6, 6.07) is 1.78. The highest BCUT2D eigenvalue weighted by Crippen LogP contribution is 2.40. The minimum absolute atomic E-state index is 0.873. The monoisotopic (exact) mass is 278 g/mol. The molecular weight excluding hydrogens is 244 g/mol. The predicted octanol–water partition coefficient (Wildman–Crippen LogP) is 3.52. The third-order valence-corrected chi connectivity index (χ3v) is 6.20. The Morgan fingerprint density at radius 2 is 2.05 bits per heavy atom. The van der Waals surface area contributed by atoms with E-state index in [0.717, 1.165) is 35.8 Å². The van der Waals surface area contributed by atoms with Crippen LogP contribution < -0.4 is 5.32 Å². The van der Waals surface area contributed by atoms with Crippen LogP contribution in [0.1, 0.15) is 59.3 Å². The largest absolute Gasteiger partial charge is 0.316 e. The summed E-state index contributed by atoms with van der Waals surface area (Å²) in [7, 11) is 0. The van der Waals surface area contributed by atoms with Gasteiger partial charge in [-0.15, -0.1) is 0 Å². The summed E-state index contributed by atoms with van der Waals surface area (Å²) in [6.45, 7) is 11.1. The van der Waals surface area contributed by atoms with Gasteiger partial charge < -0.3 is 5.32 Å². The van der Waals surface area contributed by atoms with Gasteiger partial charge in [-0.2, -0.15) is 0 Å². The van der Waals surface area contributed by atoms with Crippen LogP contribution in [0.3, 0.4) is 0 Å². The Morgan fingerprint density at radius 3 is 2.80 bits per heavy atom. The molecule has 0 bridgehead atoms. The molecule has 2 saturated heterocycles. The van der Waals surface area contributed by atoms with E-state index in [9.17, 15) is 0 Å². The molecule has 20 heavy (non-hydrogen) atoms. The molecule has 1 N–H and O–H groups in total. The summed E-state index contributed by atoms with van der Waals surface area (Å²) in [5.41, 5.74) is 0. The van der Waals surface area contributed by atoms with Gasteiger partial charge in [0.15, 0.2) is 0 Å². The fraction of sp³-hybridized carbons (Fsp3) is 1.00. The van der Waals surface area contributed by atoms with Crippen molar-refractivity contribution in [3.05, 3.63) is 0 Å². The number of hydrogen-bond acceptors (Lipinski definition) is 2. The summed E-state index contributed by atoms with van der Waals surface area (Å²) in [5.74, 6) is 3.78. The lowest BCUT2D eigenvalue weighted by Crippen LogP contribution is -2.44. The van der Waals surface area contributed by atoms with E-state index in [0.29, 0.717) is 0 Å². The molecule has 0 aromatic carbocycles. The maximum absolute atomic E-state index is 3.62. The smallest absolute Gasteiger partial charge is 0.0140 e. The Bertz CT molecular complexity index is 315. The van der Waals surface area contributed by atoms with Crippen molar-refractivity contribution in [1.29, 1.82) is 0 Å². The van der Waals surface area contributed by atoms with Gasteiger partial charge in [0.1, 0.15) is 0 Å². The van der Waals surface area contributed by atoms with Gasteiger partial charge in [-0.25, -0.2) is 0 Å². The molecule has 116 valence electrons. The zero-order chi connectivity index (χ0) is 14.1. The average Bonchev–Trinajstić information content (AvgIpc) is 2.97. The highest BCUT2D eigenvalue weighted by Gasteiger charge is 2.45. The van der Waals surface area contributed by atoms with Crippen LogP contribution in [0.5, 0.6) is 0 Å². The molecule has 1 aliphatic carbocycles. The van der Waals surface area contributed by atoms with Gasteiger partial charge in [0.05, 0.1) is 0 Å². The molecule has 5 atom stereocenters. The number of fused-ring (bicyclic) bond motifs is 1. The van der Waals surface area contributed by atoms with Crippen LogP contribution in [0.4, 0.5) is 0 Å². The second kappa shape index (κ2) is 6.36. The molecule has 0 aromatic heterocycles. The first kappa shape index (κ1) is 14.8. The van der Waals surface area contributed by atoms with E-state index in [-0.39, 0.29) is 0 Å². The summed E-state index contributed by atoms with van der Waals surface area (Å²) in [5, 5.41) is 3.62. The van der Waals surface area contributed by atoms with Gasteiger partial charge in [-0.1, -0.05) is 33.6 Å². The van der Waals surface area contributed by atoms with Gasteiger partial charge in [-0.3, -0.25) is 4.90 Å². The van der Waals surface area contributed by atoms with E-state index in [1.54, 1.807) is 0 Å². The summed E-state index contributed by atoms with van der Waals surface area (Å²) in [4.78, 5) is 2.95. The van der Waals surface area contributed by atoms with Crippen molar-refractivity contribution in [3.63, 3.8) is 0 Å². The van der Waals surface area contributed by atoms with Gasteiger partial charge in [0, 0.05) is 18.6 Å². The van der Waals surface area contributed by atoms with Crippen molar-refractivity contribution in [3.8, 4) is 0 Å². The molecule has 0 spiro atoms. The van der Waals surface area contributed by atoms with Crippen LogP contribution in [0, 0.1) is 23.7 Å². The van der Waals surface area contributed by atoms with Crippen molar-refractivity contribution in [2.24, 2.45) is 23.7 Å². The lowest BCUT2D eigenvalue weighted by atomic mass is 9.80. The Balaban J connectivity index is 1.63. The third-order valence-electron chi connectivity index (χ3n) is 6.20. The maximum atomic E-state index is 3.62. The number of nitrogens with zero attached hydrogens (tertiary/aromatic N) is 1. The number of hydrogen-bond donors (Lipinski definition) is 1. The first-order valence-electron chi connectivity index (χ1n) is 9.15. The van der Waals surface area contributed by atoms with Crippen molar-refractivity contribution in [1.82, 2.24) is 10.2 Å². The van der Waals surface area contributed by atoms with E-state index >= 15 is 0 Å². The SMILES string of the molecule is CCC1C2CNCC2CN1C1CCCC(CC(C)C)C1. The highest BCUT2D eigenvalue weighted by molar-refractivity contribution is 5.00. The Morgan fingerprint density at radius 1 is 1.20 bits per heavy atom. The Hall–Kier alpha value is -0.0800. The molecule has 3 fully saturated rings. The zero-order valence-corrected chi connectivity index (χ0v) is 13.8. The van der Waals surface area contributed by atoms with Crippen molar-refractivity contribution in [2.75, 3.05) is 19.6 Å². The number of nitrogens with one attached hydrogen (secondary N) is 1. The lowest BCUT2D eigenvalue weighted by molar-refractivity contribution is 0.0966. The predicted molar refractivity (Wildman–Crippen MR) is 85.8 cm³/mol. The summed E-state index contributed by atoms with van der Waals surface area (Å²) < 4.78 is 0. The molecule has 3 rings (SSSR count). The zero-order valence-electron chi connectivity index (χ0n) is 13.8. The molecule has 1 saturated carbocycles.